The molecule has 0 amide bonds. The molecule has 1 rings (SSSR count). The minimum atomic E-state index is -0.282. The van der Waals surface area contributed by atoms with Crippen LogP contribution < -0.4 is 5.73 Å². The number of thiocarbonyl (C=S) groups is 1. The standard InChI is InChI=1S/C11H15BrO.C4H6N2S/c1-7-5-8(11(2,3)4)10(13)9(12)6-7;1-3(2-5)4(6)7/h5-6,13H,1-4H3;3H,1H3,(H2,6,7). The average Bonchev–Trinajstić information content (AvgIpc) is 2.32. The number of phenols is 1. The molecule has 110 valence electrons. The number of nitrogens with zero attached hydrogens (tertiary/aromatic N) is 1. The van der Waals surface area contributed by atoms with Crippen molar-refractivity contribution in [1.82, 2.24) is 0 Å². The van der Waals surface area contributed by atoms with Crippen LogP contribution in [-0.4, -0.2) is 10.1 Å². The molecule has 0 heterocycles. The summed E-state index contributed by atoms with van der Waals surface area (Å²) in [6.45, 7) is 9.97. The van der Waals surface area contributed by atoms with Gasteiger partial charge in [0.2, 0.25) is 0 Å². The van der Waals surface area contributed by atoms with E-state index >= 15 is 0 Å². The molecule has 1 aromatic carbocycles. The number of halogens is 1. The number of nitriles is 1. The van der Waals surface area contributed by atoms with Crippen molar-refractivity contribution in [1.29, 1.82) is 5.26 Å². The number of aromatic hydroxyl groups is 1. The first-order chi connectivity index (χ1) is 9.00. The molecule has 3 nitrogen and oxygen atoms in total. The Labute approximate surface area is 134 Å². The zero-order valence-corrected chi connectivity index (χ0v) is 14.9. The summed E-state index contributed by atoms with van der Waals surface area (Å²) >= 11 is 7.81. The first-order valence-electron chi connectivity index (χ1n) is 6.19. The number of nitrogens with two attached hydrogens (primary N) is 1. The highest BCUT2D eigenvalue weighted by Crippen LogP contribution is 2.36. The van der Waals surface area contributed by atoms with Crippen LogP contribution in [0.3, 0.4) is 0 Å². The van der Waals surface area contributed by atoms with Gasteiger partial charge in [-0.25, -0.2) is 0 Å². The van der Waals surface area contributed by atoms with E-state index in [2.05, 4.69) is 48.9 Å². The molecule has 20 heavy (non-hydrogen) atoms. The first kappa shape index (κ1) is 18.9. The molecule has 0 bridgehead atoms. The number of aryl methyl sites for hydroxylation is 1. The molecule has 0 radical (unpaired) electrons. The Morgan fingerprint density at radius 3 is 2.25 bits per heavy atom. The van der Waals surface area contributed by atoms with Gasteiger partial charge in [-0.1, -0.05) is 39.1 Å². The summed E-state index contributed by atoms with van der Waals surface area (Å²) in [5, 5.41) is 17.9. The molecule has 1 unspecified atom stereocenters. The summed E-state index contributed by atoms with van der Waals surface area (Å²) in [6.07, 6.45) is 0. The third-order valence-corrected chi connectivity index (χ3v) is 3.59. The second-order valence-electron chi connectivity index (χ2n) is 5.65. The first-order valence-corrected chi connectivity index (χ1v) is 7.39. The quantitative estimate of drug-likeness (QED) is 0.740. The Kier molecular flexibility index (Phi) is 7.18. The molecule has 1 atom stereocenters. The molecule has 1 aromatic rings. The van der Waals surface area contributed by atoms with E-state index in [1.165, 1.54) is 0 Å². The molecule has 0 saturated carbocycles. The summed E-state index contributed by atoms with van der Waals surface area (Å²) in [4.78, 5) is 0.266. The minimum Gasteiger partial charge on any atom is -0.506 e. The lowest BCUT2D eigenvalue weighted by Crippen LogP contribution is -2.15. The molecule has 3 N–H and O–H groups in total. The van der Waals surface area contributed by atoms with E-state index < -0.39 is 0 Å². The maximum absolute atomic E-state index is 9.81. The zero-order chi connectivity index (χ0) is 16.1. The van der Waals surface area contributed by atoms with E-state index in [0.717, 1.165) is 15.6 Å². The van der Waals surface area contributed by atoms with E-state index in [9.17, 15) is 5.11 Å². The summed E-state index contributed by atoms with van der Waals surface area (Å²) in [5.41, 5.74) is 7.19. The van der Waals surface area contributed by atoms with Gasteiger partial charge in [-0.15, -0.1) is 0 Å². The maximum Gasteiger partial charge on any atom is 0.133 e. The van der Waals surface area contributed by atoms with Gasteiger partial charge in [0.25, 0.3) is 0 Å². The Balaban J connectivity index is 0.000000441. The Morgan fingerprint density at radius 2 is 1.95 bits per heavy atom. The fourth-order valence-corrected chi connectivity index (χ4v) is 2.00. The Hall–Kier alpha value is -1.12. The monoisotopic (exact) mass is 356 g/mol. The Bertz CT molecular complexity index is 530. The molecular formula is C15H21BrN2OS. The number of benzene rings is 1. The number of hydrogen-bond acceptors (Lipinski definition) is 3. The average molecular weight is 357 g/mol. The molecule has 0 aliphatic heterocycles. The van der Waals surface area contributed by atoms with Gasteiger partial charge < -0.3 is 10.8 Å². The van der Waals surface area contributed by atoms with Gasteiger partial charge in [0.1, 0.15) is 5.75 Å². The fraction of sp³-hybridized carbons (Fsp3) is 0.467. The van der Waals surface area contributed by atoms with Crippen LogP contribution in [0.1, 0.15) is 38.8 Å². The van der Waals surface area contributed by atoms with Crippen molar-refractivity contribution >= 4 is 33.1 Å². The molecule has 0 fully saturated rings. The second kappa shape index (κ2) is 7.61. The highest BCUT2D eigenvalue weighted by atomic mass is 79.9. The lowest BCUT2D eigenvalue weighted by Gasteiger charge is -2.21. The summed E-state index contributed by atoms with van der Waals surface area (Å²) < 4.78 is 0.775. The van der Waals surface area contributed by atoms with Crippen molar-refractivity contribution in [2.75, 3.05) is 0 Å². The number of rotatable bonds is 1. The van der Waals surface area contributed by atoms with E-state index in [1.54, 1.807) is 6.92 Å². The van der Waals surface area contributed by atoms with Crippen LogP contribution in [0.2, 0.25) is 0 Å². The molecule has 0 aromatic heterocycles. The van der Waals surface area contributed by atoms with Gasteiger partial charge in [0.05, 0.1) is 21.4 Å². The van der Waals surface area contributed by atoms with Crippen molar-refractivity contribution in [2.45, 2.75) is 40.0 Å². The molecule has 0 aliphatic rings. The van der Waals surface area contributed by atoms with Crippen molar-refractivity contribution < 1.29 is 5.11 Å². The van der Waals surface area contributed by atoms with E-state index in [4.69, 9.17) is 11.0 Å². The predicted octanol–water partition coefficient (Wildman–Crippen LogP) is 4.19. The Morgan fingerprint density at radius 1 is 1.45 bits per heavy atom. The summed E-state index contributed by atoms with van der Waals surface area (Å²) in [6, 6.07) is 5.85. The van der Waals surface area contributed by atoms with Gasteiger partial charge >= 0.3 is 0 Å². The highest BCUT2D eigenvalue weighted by molar-refractivity contribution is 9.10. The SMILES string of the molecule is CC(C#N)C(N)=S.Cc1cc(Br)c(O)c(C(C)(C)C)c1. The van der Waals surface area contributed by atoms with Crippen molar-refractivity contribution in [2.24, 2.45) is 11.7 Å². The maximum atomic E-state index is 9.81. The van der Waals surface area contributed by atoms with Crippen LogP contribution in [0, 0.1) is 24.2 Å². The molecule has 0 aliphatic carbocycles. The van der Waals surface area contributed by atoms with Crippen LogP contribution in [0.15, 0.2) is 16.6 Å². The third-order valence-electron chi connectivity index (χ3n) is 2.64. The molecule has 0 saturated heterocycles. The molecular weight excluding hydrogens is 336 g/mol. The van der Waals surface area contributed by atoms with Gasteiger partial charge in [0.15, 0.2) is 0 Å². The van der Waals surface area contributed by atoms with Crippen LogP contribution >= 0.6 is 28.1 Å². The smallest absolute Gasteiger partial charge is 0.133 e. The van der Waals surface area contributed by atoms with Gasteiger partial charge in [0, 0.05) is 5.56 Å². The van der Waals surface area contributed by atoms with E-state index in [1.807, 2.05) is 25.1 Å². The lowest BCUT2D eigenvalue weighted by atomic mass is 9.85. The number of phenolic OH excluding ortho intramolecular Hbond substituents is 1. The second-order valence-corrected chi connectivity index (χ2v) is 6.97. The van der Waals surface area contributed by atoms with E-state index in [-0.39, 0.29) is 16.3 Å². The van der Waals surface area contributed by atoms with Gasteiger partial charge in [-0.3, -0.25) is 0 Å². The van der Waals surface area contributed by atoms with E-state index in [0.29, 0.717) is 5.75 Å². The van der Waals surface area contributed by atoms with Crippen LogP contribution in [0.25, 0.3) is 0 Å². The highest BCUT2D eigenvalue weighted by Gasteiger charge is 2.19. The van der Waals surface area contributed by atoms with Crippen molar-refractivity contribution in [3.63, 3.8) is 0 Å². The normalized spacial score (nSPS) is 11.8. The van der Waals surface area contributed by atoms with Crippen molar-refractivity contribution in [3.8, 4) is 11.8 Å². The fourth-order valence-electron chi connectivity index (χ4n) is 1.37. The van der Waals surface area contributed by atoms with Crippen LogP contribution in [0.4, 0.5) is 0 Å². The third kappa shape index (κ3) is 5.89. The summed E-state index contributed by atoms with van der Waals surface area (Å²) in [5.74, 6) is 0.0769. The van der Waals surface area contributed by atoms with Gasteiger partial charge in [-0.2, -0.15) is 5.26 Å². The largest absolute Gasteiger partial charge is 0.506 e. The summed E-state index contributed by atoms with van der Waals surface area (Å²) in [7, 11) is 0. The zero-order valence-electron chi connectivity index (χ0n) is 12.5. The predicted molar refractivity (Wildman–Crippen MR) is 90.8 cm³/mol. The topological polar surface area (TPSA) is 70.0 Å². The minimum absolute atomic E-state index is 0.0153. The van der Waals surface area contributed by atoms with Crippen LogP contribution in [-0.2, 0) is 5.41 Å². The van der Waals surface area contributed by atoms with Crippen molar-refractivity contribution in [3.05, 3.63) is 27.7 Å². The number of hydrogen-bond donors (Lipinski definition) is 2. The molecule has 5 heteroatoms. The molecule has 0 spiro atoms. The lowest BCUT2D eigenvalue weighted by molar-refractivity contribution is 0.443. The van der Waals surface area contributed by atoms with Gasteiger partial charge in [-0.05, 0) is 46.8 Å². The van der Waals surface area contributed by atoms with Crippen LogP contribution in [0.5, 0.6) is 5.75 Å².